The van der Waals surface area contributed by atoms with E-state index in [1.165, 1.54) is 17.8 Å². The van der Waals surface area contributed by atoms with Gasteiger partial charge >= 0.3 is 0 Å². The van der Waals surface area contributed by atoms with E-state index in [0.717, 1.165) is 30.0 Å². The molecule has 1 amide bonds. The van der Waals surface area contributed by atoms with Crippen LogP contribution in [0.2, 0.25) is 0 Å². The molecule has 0 unspecified atom stereocenters. The monoisotopic (exact) mass is 441 g/mol. The molecule has 1 aromatic heterocycles. The molecule has 1 aliphatic rings. The summed E-state index contributed by atoms with van der Waals surface area (Å²) in [7, 11) is 0. The number of benzene rings is 2. The molecule has 3 aromatic rings. The number of amides is 1. The van der Waals surface area contributed by atoms with Gasteiger partial charge in [-0.2, -0.15) is 0 Å². The lowest BCUT2D eigenvalue weighted by atomic mass is 10.0. The number of aromatic nitrogens is 3. The minimum Gasteiger partial charge on any atom is -0.494 e. The van der Waals surface area contributed by atoms with Crippen LogP contribution in [-0.4, -0.2) is 32.6 Å². The number of rotatable bonds is 7. The van der Waals surface area contributed by atoms with Crippen LogP contribution in [0.3, 0.4) is 0 Å². The Labute approximate surface area is 184 Å². The van der Waals surface area contributed by atoms with E-state index in [2.05, 4.69) is 27.9 Å². The van der Waals surface area contributed by atoms with Crippen LogP contribution in [0.5, 0.6) is 5.75 Å². The highest BCUT2D eigenvalue weighted by Crippen LogP contribution is 2.38. The quantitative estimate of drug-likeness (QED) is 0.573. The Hall–Kier alpha value is -3.07. The maximum Gasteiger partial charge on any atom is 0.240 e. The van der Waals surface area contributed by atoms with Crippen LogP contribution >= 0.6 is 11.8 Å². The molecule has 0 saturated heterocycles. The van der Waals surface area contributed by atoms with Crippen molar-refractivity contribution in [3.05, 3.63) is 65.7 Å². The first kappa shape index (κ1) is 21.2. The van der Waals surface area contributed by atoms with Crippen molar-refractivity contribution in [1.82, 2.24) is 14.9 Å². The fourth-order valence-corrected chi connectivity index (χ4v) is 4.54. The average Bonchev–Trinajstić information content (AvgIpc) is 3.17. The zero-order valence-corrected chi connectivity index (χ0v) is 18.2. The maximum atomic E-state index is 14.1. The van der Waals surface area contributed by atoms with Crippen molar-refractivity contribution in [1.29, 1.82) is 0 Å². The minimum atomic E-state index is -0.580. The summed E-state index contributed by atoms with van der Waals surface area (Å²) in [5.41, 5.74) is 4.46. The zero-order valence-electron chi connectivity index (χ0n) is 17.3. The Balaban J connectivity index is 1.66. The fourth-order valence-electron chi connectivity index (χ4n) is 3.44. The third kappa shape index (κ3) is 4.51. The van der Waals surface area contributed by atoms with Crippen molar-refractivity contribution in [2.75, 3.05) is 17.3 Å². The van der Waals surface area contributed by atoms with Gasteiger partial charge in [-0.15, -0.1) is 10.2 Å². The van der Waals surface area contributed by atoms with Gasteiger partial charge in [0.1, 0.15) is 16.8 Å². The molecular weight excluding hydrogens is 417 g/mol. The van der Waals surface area contributed by atoms with Crippen molar-refractivity contribution in [3.63, 3.8) is 0 Å². The summed E-state index contributed by atoms with van der Waals surface area (Å²) in [6, 6.07) is 13.4. The summed E-state index contributed by atoms with van der Waals surface area (Å²) in [6.07, 6.45) is 1.69. The topological polar surface area (TPSA) is 81.1 Å². The van der Waals surface area contributed by atoms with E-state index in [4.69, 9.17) is 4.74 Å². The van der Waals surface area contributed by atoms with Gasteiger partial charge in [0.25, 0.3) is 0 Å². The van der Waals surface area contributed by atoms with Crippen LogP contribution in [-0.2, 0) is 11.2 Å². The Kier molecular flexibility index (Phi) is 6.41. The highest BCUT2D eigenvalue weighted by molar-refractivity contribution is 8.00. The molecule has 9 heteroatoms. The van der Waals surface area contributed by atoms with Gasteiger partial charge in [0.15, 0.2) is 5.82 Å². The summed E-state index contributed by atoms with van der Waals surface area (Å²) < 4.78 is 21.5. The molecule has 1 aliphatic heterocycles. The number of nitrogens with zero attached hydrogens (tertiary/aromatic N) is 3. The van der Waals surface area contributed by atoms with Crippen molar-refractivity contribution in [2.45, 2.75) is 43.1 Å². The van der Waals surface area contributed by atoms with Crippen LogP contribution in [0.4, 0.5) is 10.1 Å². The normalized spacial score (nSPS) is 17.5. The summed E-state index contributed by atoms with van der Waals surface area (Å²) in [6.45, 7) is 4.58. The third-order valence-corrected chi connectivity index (χ3v) is 6.13. The zero-order chi connectivity index (χ0) is 21.8. The third-order valence-electron chi connectivity index (χ3n) is 4.92. The first-order valence-corrected chi connectivity index (χ1v) is 11.1. The highest BCUT2D eigenvalue weighted by Gasteiger charge is 2.38. The van der Waals surface area contributed by atoms with Gasteiger partial charge in [0.2, 0.25) is 11.1 Å². The lowest BCUT2D eigenvalue weighted by Crippen LogP contribution is -2.41. The molecule has 0 aliphatic carbocycles. The SMILES string of the molecule is CCCc1nnc2n1N[C@H](c1ccc(OCC)cc1)[C@H](C(=O)Nc1ccccc1F)S2. The van der Waals surface area contributed by atoms with E-state index in [9.17, 15) is 9.18 Å². The van der Waals surface area contributed by atoms with E-state index in [-0.39, 0.29) is 17.6 Å². The van der Waals surface area contributed by atoms with Crippen LogP contribution in [0, 0.1) is 5.82 Å². The van der Waals surface area contributed by atoms with Gasteiger partial charge < -0.3 is 15.5 Å². The number of ether oxygens (including phenoxy) is 1. The highest BCUT2D eigenvalue weighted by atomic mass is 32.2. The number of hydrogen-bond acceptors (Lipinski definition) is 6. The summed E-state index contributed by atoms with van der Waals surface area (Å²) in [5.74, 6) is 0.788. The number of aryl methyl sites for hydroxylation is 1. The van der Waals surface area contributed by atoms with E-state index in [0.29, 0.717) is 11.8 Å². The summed E-state index contributed by atoms with van der Waals surface area (Å²) in [4.78, 5) is 13.2. The van der Waals surface area contributed by atoms with Crippen LogP contribution in [0.1, 0.15) is 37.7 Å². The second-order valence-corrected chi connectivity index (χ2v) is 8.21. The molecule has 2 atom stereocenters. The van der Waals surface area contributed by atoms with Crippen molar-refractivity contribution in [2.24, 2.45) is 0 Å². The minimum absolute atomic E-state index is 0.150. The van der Waals surface area contributed by atoms with Gasteiger partial charge in [0, 0.05) is 6.42 Å². The van der Waals surface area contributed by atoms with Crippen molar-refractivity contribution in [3.8, 4) is 5.75 Å². The summed E-state index contributed by atoms with van der Waals surface area (Å²) in [5, 5.41) is 11.3. The van der Waals surface area contributed by atoms with Gasteiger partial charge in [-0.1, -0.05) is 43.0 Å². The van der Waals surface area contributed by atoms with Crippen LogP contribution in [0.15, 0.2) is 53.7 Å². The Morgan fingerprint density at radius 1 is 1.19 bits per heavy atom. The van der Waals surface area contributed by atoms with Gasteiger partial charge in [-0.05, 0) is 43.2 Å². The molecule has 7 nitrogen and oxygen atoms in total. The Bertz CT molecular complexity index is 1060. The molecule has 162 valence electrons. The number of fused-ring (bicyclic) bond motifs is 1. The fraction of sp³-hybridized carbons (Fsp3) is 0.318. The molecular formula is C22H24FN5O2S. The number of thioether (sulfide) groups is 1. The van der Waals surface area contributed by atoms with Crippen LogP contribution < -0.4 is 15.5 Å². The first-order chi connectivity index (χ1) is 15.1. The van der Waals surface area contributed by atoms with Crippen LogP contribution in [0.25, 0.3) is 0 Å². The van der Waals surface area contributed by atoms with E-state index < -0.39 is 11.1 Å². The predicted molar refractivity (Wildman–Crippen MR) is 118 cm³/mol. The van der Waals surface area contributed by atoms with Gasteiger partial charge in [0.05, 0.1) is 18.3 Å². The molecule has 0 radical (unpaired) electrons. The first-order valence-electron chi connectivity index (χ1n) is 10.3. The largest absolute Gasteiger partial charge is 0.494 e. The molecule has 31 heavy (non-hydrogen) atoms. The van der Waals surface area contributed by atoms with Gasteiger partial charge in [-0.25, -0.2) is 9.07 Å². The standard InChI is InChI=1S/C22H24FN5O2S/c1-3-7-18-25-26-22-28(18)27-19(14-10-12-15(13-11-14)30-4-2)20(31-22)21(29)24-17-9-6-5-8-16(17)23/h5-6,8-13,19-20,27H,3-4,7H2,1-2H3,(H,24,29)/t19-,20-/m1/s1. The number of halogens is 1. The number of carbonyl (C=O) groups is 1. The van der Waals surface area contributed by atoms with Gasteiger partial charge in [-0.3, -0.25) is 4.79 Å². The molecule has 4 rings (SSSR count). The molecule has 2 heterocycles. The molecule has 2 N–H and O–H groups in total. The Morgan fingerprint density at radius 3 is 2.68 bits per heavy atom. The van der Waals surface area contributed by atoms with Crippen molar-refractivity contribution >= 4 is 23.4 Å². The lowest BCUT2D eigenvalue weighted by Gasteiger charge is -2.33. The maximum absolute atomic E-state index is 14.1. The van der Waals surface area contributed by atoms with E-state index in [1.807, 2.05) is 35.9 Å². The molecule has 0 bridgehead atoms. The molecule has 0 spiro atoms. The van der Waals surface area contributed by atoms with E-state index in [1.54, 1.807) is 18.2 Å². The smallest absolute Gasteiger partial charge is 0.240 e. The number of para-hydroxylation sites is 1. The number of nitrogens with one attached hydrogen (secondary N) is 2. The molecule has 2 aromatic carbocycles. The molecule has 0 fully saturated rings. The molecule has 0 saturated carbocycles. The second kappa shape index (κ2) is 9.38. The number of hydrogen-bond donors (Lipinski definition) is 2. The second-order valence-electron chi connectivity index (χ2n) is 7.10. The van der Waals surface area contributed by atoms with E-state index >= 15 is 0 Å². The summed E-state index contributed by atoms with van der Waals surface area (Å²) >= 11 is 1.32. The Morgan fingerprint density at radius 2 is 1.97 bits per heavy atom. The number of carbonyl (C=O) groups excluding carboxylic acids is 1. The number of anilines is 1. The average molecular weight is 442 g/mol. The lowest BCUT2D eigenvalue weighted by molar-refractivity contribution is -0.116. The van der Waals surface area contributed by atoms with Crippen molar-refractivity contribution < 1.29 is 13.9 Å². The predicted octanol–water partition coefficient (Wildman–Crippen LogP) is 4.17.